The Morgan fingerprint density at radius 2 is 1.76 bits per heavy atom. The van der Waals surface area contributed by atoms with Crippen molar-refractivity contribution in [3.63, 3.8) is 0 Å². The lowest BCUT2D eigenvalue weighted by Crippen LogP contribution is -2.43. The summed E-state index contributed by atoms with van der Waals surface area (Å²) in [6, 6.07) is 16.2. The summed E-state index contributed by atoms with van der Waals surface area (Å²) in [5.41, 5.74) is 5.60. The van der Waals surface area contributed by atoms with Crippen LogP contribution in [-0.2, 0) is 16.1 Å². The first-order valence-electron chi connectivity index (χ1n) is 14.9. The summed E-state index contributed by atoms with van der Waals surface area (Å²) in [4.78, 5) is 30.6. The Hall–Kier alpha value is -4.82. The molecular weight excluding hydrogens is 603 g/mol. The van der Waals surface area contributed by atoms with E-state index in [0.717, 1.165) is 97.2 Å². The number of para-hydroxylation sites is 1. The van der Waals surface area contributed by atoms with Crippen LogP contribution in [0.2, 0.25) is 0 Å². The number of rotatable bonds is 6. The van der Waals surface area contributed by atoms with E-state index in [1.807, 2.05) is 48.8 Å². The van der Waals surface area contributed by atoms with Crippen molar-refractivity contribution in [2.24, 2.45) is 0 Å². The zero-order valence-electron chi connectivity index (χ0n) is 24.8. The second kappa shape index (κ2) is 13.7. The number of alkyl halides is 3. The fourth-order valence-electron chi connectivity index (χ4n) is 5.48. The number of nitrogens with zero attached hydrogens (tertiary/aromatic N) is 6. The van der Waals surface area contributed by atoms with Gasteiger partial charge in [-0.25, -0.2) is 19.7 Å². The molecule has 1 aromatic carbocycles. The van der Waals surface area contributed by atoms with Gasteiger partial charge in [0.2, 0.25) is 5.88 Å². The molecule has 5 aromatic rings. The number of piperazine rings is 1. The normalized spacial score (nSPS) is 15.8. The average Bonchev–Trinajstić information content (AvgIpc) is 3.52. The summed E-state index contributed by atoms with van der Waals surface area (Å²) >= 11 is 0. The Morgan fingerprint density at radius 1 is 1.00 bits per heavy atom. The van der Waals surface area contributed by atoms with Crippen LogP contribution in [0.25, 0.3) is 27.8 Å². The van der Waals surface area contributed by atoms with Gasteiger partial charge < -0.3 is 24.8 Å². The summed E-state index contributed by atoms with van der Waals surface area (Å²) in [5.74, 6) is -0.846. The van der Waals surface area contributed by atoms with Crippen molar-refractivity contribution in [1.29, 1.82) is 0 Å². The lowest BCUT2D eigenvalue weighted by Gasteiger charge is -2.28. The number of fused-ring (bicyclic) bond motifs is 2. The number of carbonyl (C=O) groups is 1. The van der Waals surface area contributed by atoms with Crippen LogP contribution in [0.1, 0.15) is 30.1 Å². The van der Waals surface area contributed by atoms with Crippen LogP contribution in [-0.4, -0.2) is 81.0 Å². The number of carboxylic acids is 1. The van der Waals surface area contributed by atoms with Gasteiger partial charge in [0, 0.05) is 74.7 Å². The molecule has 2 aliphatic heterocycles. The number of aromatic nitrogens is 5. The summed E-state index contributed by atoms with van der Waals surface area (Å²) in [6.45, 7) is 5.72. The van der Waals surface area contributed by atoms with E-state index in [1.54, 1.807) is 0 Å². The zero-order chi connectivity index (χ0) is 32.1. The quantitative estimate of drug-likeness (QED) is 0.267. The maximum Gasteiger partial charge on any atom is 0.490 e. The molecule has 0 unspecified atom stereocenters. The van der Waals surface area contributed by atoms with Gasteiger partial charge in [-0.15, -0.1) is 0 Å². The van der Waals surface area contributed by atoms with Crippen LogP contribution in [0, 0.1) is 0 Å². The van der Waals surface area contributed by atoms with E-state index in [2.05, 4.69) is 37.9 Å². The molecule has 14 heteroatoms. The van der Waals surface area contributed by atoms with Crippen molar-refractivity contribution in [2.75, 3.05) is 44.3 Å². The van der Waals surface area contributed by atoms with Crippen molar-refractivity contribution in [2.45, 2.75) is 31.5 Å². The summed E-state index contributed by atoms with van der Waals surface area (Å²) < 4.78 is 45.6. The molecule has 0 spiro atoms. The van der Waals surface area contributed by atoms with Gasteiger partial charge in [0.25, 0.3) is 0 Å². The van der Waals surface area contributed by atoms with Gasteiger partial charge in [0.1, 0.15) is 12.4 Å². The largest absolute Gasteiger partial charge is 0.490 e. The van der Waals surface area contributed by atoms with Crippen LogP contribution in [0.3, 0.4) is 0 Å². The van der Waals surface area contributed by atoms with E-state index in [1.165, 1.54) is 0 Å². The van der Waals surface area contributed by atoms with E-state index in [0.29, 0.717) is 18.4 Å². The smallest absolute Gasteiger partial charge is 0.475 e. The summed E-state index contributed by atoms with van der Waals surface area (Å²) in [6.07, 6.45) is 2.76. The van der Waals surface area contributed by atoms with Gasteiger partial charge in [0.15, 0.2) is 5.65 Å². The van der Waals surface area contributed by atoms with Crippen molar-refractivity contribution in [3.05, 3.63) is 78.5 Å². The third kappa shape index (κ3) is 7.18. The highest BCUT2D eigenvalue weighted by Gasteiger charge is 2.38. The zero-order valence-corrected chi connectivity index (χ0v) is 24.8. The fraction of sp³-hybridized carbons (Fsp3) is 0.344. The number of nitrogens with one attached hydrogen (secondary N) is 1. The first-order valence-corrected chi connectivity index (χ1v) is 14.9. The van der Waals surface area contributed by atoms with Crippen LogP contribution in [0.4, 0.5) is 19.0 Å². The van der Waals surface area contributed by atoms with Gasteiger partial charge in [-0.2, -0.15) is 13.2 Å². The minimum Gasteiger partial charge on any atom is -0.475 e. The number of hydrogen-bond acceptors (Lipinski definition) is 9. The first-order chi connectivity index (χ1) is 22.3. The number of hydrogen-bond donors (Lipinski definition) is 2. The molecule has 2 aliphatic rings. The SMILES string of the molecule is O=C(O)C(F)(F)F.c1ccc2nc(OCc3cn4c(-c5ccc(N6CCNCC6)nc5)cnc(C5CCOCC5)c4n3)ccc2c1. The van der Waals surface area contributed by atoms with Crippen LogP contribution in [0.15, 0.2) is 67.1 Å². The second-order valence-electron chi connectivity index (χ2n) is 10.9. The van der Waals surface area contributed by atoms with E-state index in [-0.39, 0.29) is 0 Å². The second-order valence-corrected chi connectivity index (χ2v) is 10.9. The molecule has 0 amide bonds. The van der Waals surface area contributed by atoms with E-state index in [4.69, 9.17) is 34.3 Å². The molecule has 46 heavy (non-hydrogen) atoms. The number of imidazole rings is 1. The van der Waals surface area contributed by atoms with Gasteiger partial charge in [0.05, 0.1) is 28.8 Å². The van der Waals surface area contributed by atoms with E-state index >= 15 is 0 Å². The Labute approximate surface area is 262 Å². The number of benzene rings is 1. The Kier molecular flexibility index (Phi) is 9.26. The number of aliphatic carboxylic acids is 1. The van der Waals surface area contributed by atoms with Gasteiger partial charge >= 0.3 is 12.1 Å². The highest BCUT2D eigenvalue weighted by Crippen LogP contribution is 2.31. The molecule has 2 fully saturated rings. The van der Waals surface area contributed by atoms with Gasteiger partial charge in [-0.1, -0.05) is 18.2 Å². The maximum absolute atomic E-state index is 10.6. The van der Waals surface area contributed by atoms with Gasteiger partial charge in [-0.05, 0) is 37.1 Å². The Balaban J connectivity index is 0.000000480. The molecule has 240 valence electrons. The predicted molar refractivity (Wildman–Crippen MR) is 164 cm³/mol. The monoisotopic (exact) mass is 635 g/mol. The van der Waals surface area contributed by atoms with E-state index < -0.39 is 12.1 Å². The van der Waals surface area contributed by atoms with Crippen LogP contribution < -0.4 is 15.0 Å². The number of halogens is 3. The number of ether oxygens (including phenoxy) is 2. The number of carboxylic acid groups (broad SMARTS) is 1. The molecule has 2 N–H and O–H groups in total. The minimum atomic E-state index is -5.08. The Morgan fingerprint density at radius 3 is 2.48 bits per heavy atom. The fourth-order valence-corrected chi connectivity index (χ4v) is 5.48. The lowest BCUT2D eigenvalue weighted by atomic mass is 9.96. The maximum atomic E-state index is 10.6. The van der Waals surface area contributed by atoms with Crippen LogP contribution >= 0.6 is 0 Å². The Bertz CT molecular complexity index is 1800. The molecule has 7 rings (SSSR count). The van der Waals surface area contributed by atoms with Gasteiger partial charge in [-0.3, -0.25) is 9.38 Å². The molecule has 0 aliphatic carbocycles. The topological polar surface area (TPSA) is 127 Å². The molecule has 2 saturated heterocycles. The molecule has 0 bridgehead atoms. The molecule has 0 atom stereocenters. The summed E-state index contributed by atoms with van der Waals surface area (Å²) in [7, 11) is 0. The lowest BCUT2D eigenvalue weighted by molar-refractivity contribution is -0.192. The molecule has 4 aromatic heterocycles. The van der Waals surface area contributed by atoms with Crippen molar-refractivity contribution in [1.82, 2.24) is 29.7 Å². The van der Waals surface area contributed by atoms with Crippen molar-refractivity contribution < 1.29 is 32.5 Å². The minimum absolute atomic E-state index is 0.319. The van der Waals surface area contributed by atoms with Crippen molar-refractivity contribution in [3.8, 4) is 17.1 Å². The first kappa shape index (κ1) is 31.2. The average molecular weight is 636 g/mol. The molecule has 0 radical (unpaired) electrons. The number of anilines is 1. The van der Waals surface area contributed by atoms with Crippen LogP contribution in [0.5, 0.6) is 5.88 Å². The molecule has 11 nitrogen and oxygen atoms in total. The predicted octanol–water partition coefficient (Wildman–Crippen LogP) is 4.86. The third-order valence-electron chi connectivity index (χ3n) is 7.85. The molecular formula is C32H32F3N7O4. The molecule has 6 heterocycles. The molecule has 0 saturated carbocycles. The summed E-state index contributed by atoms with van der Waals surface area (Å²) in [5, 5.41) is 11.6. The third-order valence-corrected chi connectivity index (χ3v) is 7.85. The van der Waals surface area contributed by atoms with E-state index in [9.17, 15) is 13.2 Å². The number of pyridine rings is 2. The highest BCUT2D eigenvalue weighted by molar-refractivity contribution is 5.78. The van der Waals surface area contributed by atoms with Crippen molar-refractivity contribution >= 4 is 28.3 Å². The standard InChI is InChI=1S/C30H31N7O2.C2HF3O2/c1-2-4-25-21(3-1)6-8-28(35-25)39-20-24-19-37-26(18-33-29(30(37)34-24)22-9-15-38-16-10-22)23-5-7-27(32-17-23)36-13-11-31-12-14-36;3-2(4,5)1(6)7/h1-8,17-19,22,31H,9-16,20H2;(H,6,7). The highest BCUT2D eigenvalue weighted by atomic mass is 19.4.